The first-order chi connectivity index (χ1) is 12.7. The van der Waals surface area contributed by atoms with E-state index in [1.165, 1.54) is 23.8 Å². The van der Waals surface area contributed by atoms with E-state index >= 15 is 0 Å². The summed E-state index contributed by atoms with van der Waals surface area (Å²) in [7, 11) is 0. The Hall–Kier alpha value is -2.95. The van der Waals surface area contributed by atoms with Crippen LogP contribution in [0.5, 0.6) is 0 Å². The van der Waals surface area contributed by atoms with Crippen LogP contribution in [0.4, 0.5) is 11.4 Å². The Balaban J connectivity index is 1.63. The van der Waals surface area contributed by atoms with Gasteiger partial charge in [-0.05, 0) is 23.3 Å². The van der Waals surface area contributed by atoms with E-state index in [1.807, 2.05) is 18.2 Å². The molecule has 1 aliphatic rings. The van der Waals surface area contributed by atoms with Crippen LogP contribution < -0.4 is 5.32 Å². The van der Waals surface area contributed by atoms with E-state index < -0.39 is 4.92 Å². The van der Waals surface area contributed by atoms with Crippen molar-refractivity contribution < 1.29 is 9.66 Å². The number of anilines is 1. The van der Waals surface area contributed by atoms with Gasteiger partial charge in [0.05, 0.1) is 29.8 Å². The van der Waals surface area contributed by atoms with E-state index in [4.69, 9.17) is 10.00 Å². The van der Waals surface area contributed by atoms with Crippen molar-refractivity contribution in [2.24, 2.45) is 0 Å². The topological polar surface area (TPSA) is 91.4 Å². The predicted octanol–water partition coefficient (Wildman–Crippen LogP) is 2.91. The van der Waals surface area contributed by atoms with Crippen LogP contribution in [-0.2, 0) is 17.8 Å². The lowest BCUT2D eigenvalue weighted by Crippen LogP contribution is -2.35. The standard InChI is InChI=1S/C19H20N4O3/c20-12-17-5-6-19(23(24)25)18(11-17)21-13-15-1-3-16(4-2-15)14-22-7-9-26-10-8-22/h1-6,11,21H,7-10,13-14H2. The molecule has 7 nitrogen and oxygen atoms in total. The van der Waals surface area contributed by atoms with E-state index in [9.17, 15) is 10.1 Å². The molecule has 1 N–H and O–H groups in total. The van der Waals surface area contributed by atoms with Crippen molar-refractivity contribution in [1.29, 1.82) is 5.26 Å². The first kappa shape index (κ1) is 17.9. The molecule has 0 radical (unpaired) electrons. The minimum Gasteiger partial charge on any atom is -0.379 e. The molecule has 0 unspecified atom stereocenters. The summed E-state index contributed by atoms with van der Waals surface area (Å²) in [6.45, 7) is 4.80. The normalized spacial score (nSPS) is 14.6. The van der Waals surface area contributed by atoms with Gasteiger partial charge in [0.1, 0.15) is 5.69 Å². The van der Waals surface area contributed by atoms with Gasteiger partial charge in [-0.1, -0.05) is 24.3 Å². The van der Waals surface area contributed by atoms with Gasteiger partial charge in [0.2, 0.25) is 0 Å². The van der Waals surface area contributed by atoms with E-state index in [0.29, 0.717) is 17.8 Å². The Morgan fingerprint density at radius 2 is 1.85 bits per heavy atom. The van der Waals surface area contributed by atoms with Crippen LogP contribution in [0.15, 0.2) is 42.5 Å². The quantitative estimate of drug-likeness (QED) is 0.635. The average Bonchev–Trinajstić information content (AvgIpc) is 2.68. The van der Waals surface area contributed by atoms with Crippen LogP contribution in [0.2, 0.25) is 0 Å². The summed E-state index contributed by atoms with van der Waals surface area (Å²) in [4.78, 5) is 13.0. The second-order valence-corrected chi connectivity index (χ2v) is 6.16. The molecule has 7 heteroatoms. The molecular weight excluding hydrogens is 332 g/mol. The Morgan fingerprint density at radius 1 is 1.15 bits per heavy atom. The molecule has 1 fully saturated rings. The fourth-order valence-electron chi connectivity index (χ4n) is 2.88. The fourth-order valence-corrected chi connectivity index (χ4v) is 2.88. The van der Waals surface area contributed by atoms with Gasteiger partial charge in [0.15, 0.2) is 0 Å². The highest BCUT2D eigenvalue weighted by molar-refractivity contribution is 5.64. The van der Waals surface area contributed by atoms with Gasteiger partial charge in [-0.3, -0.25) is 15.0 Å². The third-order valence-electron chi connectivity index (χ3n) is 4.34. The molecule has 2 aromatic rings. The number of morpholine rings is 1. The van der Waals surface area contributed by atoms with Gasteiger partial charge >= 0.3 is 0 Å². The minimum absolute atomic E-state index is 0.0343. The summed E-state index contributed by atoms with van der Waals surface area (Å²) in [5.41, 5.74) is 2.96. The van der Waals surface area contributed by atoms with Crippen LogP contribution in [0.3, 0.4) is 0 Å². The summed E-state index contributed by atoms with van der Waals surface area (Å²) in [6, 6.07) is 14.5. The number of nitrogens with zero attached hydrogens (tertiary/aromatic N) is 3. The molecule has 134 valence electrons. The number of nitro groups is 1. The maximum Gasteiger partial charge on any atom is 0.292 e. The number of nitriles is 1. The highest BCUT2D eigenvalue weighted by Crippen LogP contribution is 2.26. The van der Waals surface area contributed by atoms with Crippen LogP contribution in [0.25, 0.3) is 0 Å². The number of rotatable bonds is 6. The zero-order valence-corrected chi connectivity index (χ0v) is 14.4. The second-order valence-electron chi connectivity index (χ2n) is 6.16. The monoisotopic (exact) mass is 352 g/mol. The number of hydrogen-bond acceptors (Lipinski definition) is 6. The van der Waals surface area contributed by atoms with E-state index in [2.05, 4.69) is 22.3 Å². The lowest BCUT2D eigenvalue weighted by Gasteiger charge is -2.26. The zero-order valence-electron chi connectivity index (χ0n) is 14.4. The molecule has 1 saturated heterocycles. The van der Waals surface area contributed by atoms with Crippen LogP contribution in [0.1, 0.15) is 16.7 Å². The Morgan fingerprint density at radius 3 is 2.50 bits per heavy atom. The number of hydrogen-bond donors (Lipinski definition) is 1. The molecule has 2 aromatic carbocycles. The summed E-state index contributed by atoms with van der Waals surface area (Å²) in [5, 5.41) is 23.2. The van der Waals surface area contributed by atoms with Crippen molar-refractivity contribution in [3.63, 3.8) is 0 Å². The number of benzene rings is 2. The van der Waals surface area contributed by atoms with Crippen LogP contribution >= 0.6 is 0 Å². The largest absolute Gasteiger partial charge is 0.379 e. The first-order valence-corrected chi connectivity index (χ1v) is 8.46. The van der Waals surface area contributed by atoms with Crippen LogP contribution in [0, 0.1) is 21.4 Å². The van der Waals surface area contributed by atoms with Crippen molar-refractivity contribution in [3.05, 3.63) is 69.3 Å². The second kappa shape index (κ2) is 8.43. The molecule has 0 amide bonds. The third-order valence-corrected chi connectivity index (χ3v) is 4.34. The Kier molecular flexibility index (Phi) is 5.79. The number of nitrogens with one attached hydrogen (secondary N) is 1. The van der Waals surface area contributed by atoms with Gasteiger partial charge in [-0.25, -0.2) is 0 Å². The first-order valence-electron chi connectivity index (χ1n) is 8.46. The smallest absolute Gasteiger partial charge is 0.292 e. The minimum atomic E-state index is -0.449. The molecule has 0 spiro atoms. The third kappa shape index (κ3) is 4.57. The number of nitro benzene ring substituents is 1. The van der Waals surface area contributed by atoms with Gasteiger partial charge in [0.25, 0.3) is 5.69 Å². The molecule has 0 bridgehead atoms. The lowest BCUT2D eigenvalue weighted by molar-refractivity contribution is -0.384. The van der Waals surface area contributed by atoms with E-state index in [-0.39, 0.29) is 5.69 Å². The zero-order chi connectivity index (χ0) is 18.4. The molecule has 0 aliphatic carbocycles. The van der Waals surface area contributed by atoms with Gasteiger partial charge < -0.3 is 10.1 Å². The molecule has 1 aliphatic heterocycles. The van der Waals surface area contributed by atoms with Crippen molar-refractivity contribution in [1.82, 2.24) is 4.90 Å². The molecule has 0 aromatic heterocycles. The van der Waals surface area contributed by atoms with Crippen LogP contribution in [-0.4, -0.2) is 36.1 Å². The summed E-state index contributed by atoms with van der Waals surface area (Å²) in [5.74, 6) is 0. The molecule has 1 heterocycles. The highest BCUT2D eigenvalue weighted by Gasteiger charge is 2.14. The van der Waals surface area contributed by atoms with Gasteiger partial charge in [-0.15, -0.1) is 0 Å². The molecule has 0 atom stereocenters. The SMILES string of the molecule is N#Cc1ccc([N+](=O)[O-])c(NCc2ccc(CN3CCOCC3)cc2)c1. The van der Waals surface area contributed by atoms with E-state index in [0.717, 1.165) is 38.4 Å². The Bertz CT molecular complexity index is 809. The Labute approximate surface area is 152 Å². The lowest BCUT2D eigenvalue weighted by atomic mass is 10.1. The van der Waals surface area contributed by atoms with E-state index in [1.54, 1.807) is 0 Å². The average molecular weight is 352 g/mol. The van der Waals surface area contributed by atoms with Crippen molar-refractivity contribution in [2.45, 2.75) is 13.1 Å². The summed E-state index contributed by atoms with van der Waals surface area (Å²) in [6.07, 6.45) is 0. The van der Waals surface area contributed by atoms with Crippen molar-refractivity contribution in [2.75, 3.05) is 31.6 Å². The summed E-state index contributed by atoms with van der Waals surface area (Å²) >= 11 is 0. The molecule has 0 saturated carbocycles. The molecule has 3 rings (SSSR count). The van der Waals surface area contributed by atoms with Crippen molar-refractivity contribution in [3.8, 4) is 6.07 Å². The number of ether oxygens (including phenoxy) is 1. The maximum atomic E-state index is 11.1. The van der Waals surface area contributed by atoms with Gasteiger partial charge in [0, 0.05) is 32.2 Å². The summed E-state index contributed by atoms with van der Waals surface area (Å²) < 4.78 is 5.36. The molecular formula is C19H20N4O3. The predicted molar refractivity (Wildman–Crippen MR) is 97.7 cm³/mol. The van der Waals surface area contributed by atoms with Crippen molar-refractivity contribution >= 4 is 11.4 Å². The van der Waals surface area contributed by atoms with Gasteiger partial charge in [-0.2, -0.15) is 5.26 Å². The molecule has 26 heavy (non-hydrogen) atoms. The highest BCUT2D eigenvalue weighted by atomic mass is 16.6. The fraction of sp³-hybridized carbons (Fsp3) is 0.316. The maximum absolute atomic E-state index is 11.1.